The number of hydrogen-bond donors (Lipinski definition) is 1. The van der Waals surface area contributed by atoms with Gasteiger partial charge in [-0.2, -0.15) is 0 Å². The molecular weight excluding hydrogens is 314 g/mol. The molecule has 4 rings (SSSR count). The van der Waals surface area contributed by atoms with Gasteiger partial charge in [0, 0.05) is 18.0 Å². The number of benzene rings is 1. The van der Waals surface area contributed by atoms with E-state index >= 15 is 0 Å². The molecule has 1 fully saturated rings. The summed E-state index contributed by atoms with van der Waals surface area (Å²) in [5, 5.41) is 3.49. The maximum absolute atomic E-state index is 5.63. The molecule has 1 aliphatic rings. The molecule has 1 N–H and O–H groups in total. The third kappa shape index (κ3) is 2.85. The molecule has 2 aromatic heterocycles. The van der Waals surface area contributed by atoms with Crippen molar-refractivity contribution >= 4 is 5.52 Å². The number of piperidine rings is 1. The predicted octanol–water partition coefficient (Wildman–Crippen LogP) is 3.49. The zero-order valence-electron chi connectivity index (χ0n) is 14.7. The molecule has 0 aliphatic carbocycles. The van der Waals surface area contributed by atoms with Crippen molar-refractivity contribution < 1.29 is 9.47 Å². The Balaban J connectivity index is 1.92. The van der Waals surface area contributed by atoms with Crippen LogP contribution in [0.4, 0.5) is 0 Å². The van der Waals surface area contributed by atoms with Crippen LogP contribution in [-0.2, 0) is 0 Å². The highest BCUT2D eigenvalue weighted by atomic mass is 16.5. The van der Waals surface area contributed by atoms with E-state index in [-0.39, 0.29) is 0 Å². The van der Waals surface area contributed by atoms with Crippen LogP contribution in [0.2, 0.25) is 0 Å². The number of imidazole rings is 1. The molecule has 0 amide bonds. The van der Waals surface area contributed by atoms with Crippen LogP contribution >= 0.6 is 0 Å². The van der Waals surface area contributed by atoms with E-state index in [9.17, 15) is 0 Å². The largest absolute Gasteiger partial charge is 0.497 e. The Labute approximate surface area is 147 Å². The predicted molar refractivity (Wildman–Crippen MR) is 98.6 cm³/mol. The van der Waals surface area contributed by atoms with Gasteiger partial charge in [-0.1, -0.05) is 18.2 Å². The highest BCUT2D eigenvalue weighted by molar-refractivity contribution is 5.79. The minimum atomic E-state index is 0.386. The van der Waals surface area contributed by atoms with Crippen LogP contribution in [0.5, 0.6) is 11.6 Å². The van der Waals surface area contributed by atoms with E-state index in [0.29, 0.717) is 5.92 Å². The average Bonchev–Trinajstić information content (AvgIpc) is 3.08. The molecule has 1 aromatic carbocycles. The summed E-state index contributed by atoms with van der Waals surface area (Å²) in [7, 11) is 3.40. The summed E-state index contributed by atoms with van der Waals surface area (Å²) in [5.41, 5.74) is 3.09. The van der Waals surface area contributed by atoms with Gasteiger partial charge < -0.3 is 14.8 Å². The summed E-state index contributed by atoms with van der Waals surface area (Å²) in [6, 6.07) is 14.2. The summed E-state index contributed by atoms with van der Waals surface area (Å²) in [4.78, 5) is 5.05. The van der Waals surface area contributed by atoms with Gasteiger partial charge in [-0.3, -0.25) is 4.40 Å². The third-order valence-corrected chi connectivity index (χ3v) is 4.87. The number of nitrogens with zero attached hydrogens (tertiary/aromatic N) is 2. The number of hydrogen-bond acceptors (Lipinski definition) is 4. The van der Waals surface area contributed by atoms with E-state index in [0.717, 1.165) is 53.7 Å². The molecule has 5 nitrogen and oxygen atoms in total. The number of methoxy groups -OCH3 is 2. The Hall–Kier alpha value is -2.53. The fraction of sp³-hybridized carbons (Fsp3) is 0.350. The number of ether oxygens (including phenoxy) is 2. The standard InChI is InChI=1S/C20H23N3O2/c1-24-16-8-3-6-14(12-16)19-17-9-4-10-18(25-2)23(17)20(22-19)15-7-5-11-21-13-15/h3-4,6,8-10,12,15,21H,5,7,11,13H2,1-2H3. The number of aromatic nitrogens is 2. The summed E-state index contributed by atoms with van der Waals surface area (Å²) < 4.78 is 13.2. The normalized spacial score (nSPS) is 17.6. The van der Waals surface area contributed by atoms with Crippen molar-refractivity contribution in [3.8, 4) is 22.9 Å². The Bertz CT molecular complexity index is 882. The van der Waals surface area contributed by atoms with Crippen molar-refractivity contribution in [1.82, 2.24) is 14.7 Å². The Morgan fingerprint density at radius 2 is 2.00 bits per heavy atom. The number of pyridine rings is 1. The van der Waals surface area contributed by atoms with E-state index in [2.05, 4.69) is 21.9 Å². The third-order valence-electron chi connectivity index (χ3n) is 4.87. The van der Waals surface area contributed by atoms with Gasteiger partial charge in [0.15, 0.2) is 5.88 Å². The molecule has 25 heavy (non-hydrogen) atoms. The van der Waals surface area contributed by atoms with Crippen molar-refractivity contribution in [2.75, 3.05) is 27.3 Å². The second-order valence-electron chi connectivity index (χ2n) is 6.38. The van der Waals surface area contributed by atoms with Gasteiger partial charge in [0.25, 0.3) is 0 Å². The molecule has 0 bridgehead atoms. The quantitative estimate of drug-likeness (QED) is 0.792. The second kappa shape index (κ2) is 6.76. The van der Waals surface area contributed by atoms with Gasteiger partial charge in [0.2, 0.25) is 0 Å². The molecule has 0 radical (unpaired) electrons. The number of nitrogens with one attached hydrogen (secondary N) is 1. The van der Waals surface area contributed by atoms with Crippen LogP contribution in [0, 0.1) is 0 Å². The minimum absolute atomic E-state index is 0.386. The van der Waals surface area contributed by atoms with Gasteiger partial charge in [0.05, 0.1) is 25.4 Å². The molecule has 130 valence electrons. The molecule has 0 saturated carbocycles. The monoisotopic (exact) mass is 337 g/mol. The van der Waals surface area contributed by atoms with Crippen molar-refractivity contribution in [3.05, 3.63) is 48.3 Å². The Morgan fingerprint density at radius 3 is 2.76 bits per heavy atom. The zero-order chi connectivity index (χ0) is 17.2. The zero-order valence-corrected chi connectivity index (χ0v) is 14.7. The summed E-state index contributed by atoms with van der Waals surface area (Å²) >= 11 is 0. The molecule has 3 heterocycles. The molecule has 1 aliphatic heterocycles. The molecule has 3 aromatic rings. The van der Waals surface area contributed by atoms with Crippen molar-refractivity contribution in [3.63, 3.8) is 0 Å². The van der Waals surface area contributed by atoms with Crippen LogP contribution in [0.3, 0.4) is 0 Å². The molecular formula is C20H23N3O2. The first-order valence-corrected chi connectivity index (χ1v) is 8.72. The number of fused-ring (bicyclic) bond motifs is 1. The van der Waals surface area contributed by atoms with E-state index in [4.69, 9.17) is 14.5 Å². The highest BCUT2D eigenvalue weighted by Gasteiger charge is 2.24. The fourth-order valence-electron chi connectivity index (χ4n) is 3.62. The lowest BCUT2D eigenvalue weighted by Gasteiger charge is -2.22. The van der Waals surface area contributed by atoms with Crippen LogP contribution in [0.1, 0.15) is 24.6 Å². The summed E-state index contributed by atoms with van der Waals surface area (Å²) in [6.45, 7) is 2.04. The Morgan fingerprint density at radius 1 is 1.12 bits per heavy atom. The first kappa shape index (κ1) is 16.0. The fourth-order valence-corrected chi connectivity index (χ4v) is 3.62. The molecule has 0 spiro atoms. The van der Waals surface area contributed by atoms with Crippen molar-refractivity contribution in [2.45, 2.75) is 18.8 Å². The van der Waals surface area contributed by atoms with Gasteiger partial charge in [-0.15, -0.1) is 0 Å². The SMILES string of the molecule is COc1cccc(-c2nc(C3CCCNC3)n3c(OC)cccc23)c1. The maximum Gasteiger partial charge on any atom is 0.199 e. The minimum Gasteiger partial charge on any atom is -0.497 e. The molecule has 1 atom stereocenters. The molecule has 5 heteroatoms. The smallest absolute Gasteiger partial charge is 0.199 e. The molecule has 1 saturated heterocycles. The first-order valence-electron chi connectivity index (χ1n) is 8.72. The van der Waals surface area contributed by atoms with E-state index in [1.54, 1.807) is 14.2 Å². The van der Waals surface area contributed by atoms with Crippen LogP contribution in [-0.4, -0.2) is 36.7 Å². The van der Waals surface area contributed by atoms with Gasteiger partial charge >= 0.3 is 0 Å². The summed E-state index contributed by atoms with van der Waals surface area (Å²) in [5.74, 6) is 3.11. The lowest BCUT2D eigenvalue weighted by atomic mass is 9.99. The lowest BCUT2D eigenvalue weighted by Crippen LogP contribution is -2.29. The van der Waals surface area contributed by atoms with E-state index < -0.39 is 0 Å². The van der Waals surface area contributed by atoms with Crippen molar-refractivity contribution in [2.24, 2.45) is 0 Å². The van der Waals surface area contributed by atoms with E-state index in [1.807, 2.05) is 30.3 Å². The maximum atomic E-state index is 5.63. The summed E-state index contributed by atoms with van der Waals surface area (Å²) in [6.07, 6.45) is 2.31. The highest BCUT2D eigenvalue weighted by Crippen LogP contribution is 2.34. The first-order chi connectivity index (χ1) is 12.3. The van der Waals surface area contributed by atoms with Gasteiger partial charge in [-0.25, -0.2) is 4.98 Å². The van der Waals surface area contributed by atoms with Crippen LogP contribution < -0.4 is 14.8 Å². The van der Waals surface area contributed by atoms with E-state index in [1.165, 1.54) is 6.42 Å². The van der Waals surface area contributed by atoms with Gasteiger partial charge in [0.1, 0.15) is 11.6 Å². The van der Waals surface area contributed by atoms with Crippen LogP contribution in [0.25, 0.3) is 16.8 Å². The Kier molecular flexibility index (Phi) is 4.32. The van der Waals surface area contributed by atoms with Crippen LogP contribution in [0.15, 0.2) is 42.5 Å². The lowest BCUT2D eigenvalue weighted by molar-refractivity contribution is 0.382. The van der Waals surface area contributed by atoms with Crippen molar-refractivity contribution in [1.29, 1.82) is 0 Å². The molecule has 1 unspecified atom stereocenters. The van der Waals surface area contributed by atoms with Gasteiger partial charge in [-0.05, 0) is 43.7 Å². The average molecular weight is 337 g/mol. The number of rotatable bonds is 4. The second-order valence-corrected chi connectivity index (χ2v) is 6.38. The topological polar surface area (TPSA) is 47.8 Å².